The van der Waals surface area contributed by atoms with Gasteiger partial charge in [-0.05, 0) is 24.1 Å². The molecule has 3 aromatic rings. The van der Waals surface area contributed by atoms with Gasteiger partial charge in [0.25, 0.3) is 0 Å². The maximum absolute atomic E-state index is 11.0. The lowest BCUT2D eigenvalue weighted by molar-refractivity contribution is -0.114. The molecule has 0 fully saturated rings. The van der Waals surface area contributed by atoms with Crippen LogP contribution in [0.25, 0.3) is 11.3 Å². The van der Waals surface area contributed by atoms with Gasteiger partial charge >= 0.3 is 0 Å². The van der Waals surface area contributed by atoms with Gasteiger partial charge in [0.15, 0.2) is 5.13 Å². The summed E-state index contributed by atoms with van der Waals surface area (Å²) in [6.07, 6.45) is 0.973. The first kappa shape index (κ1) is 16.2. The fourth-order valence-electron chi connectivity index (χ4n) is 2.37. The van der Waals surface area contributed by atoms with Gasteiger partial charge in [-0.2, -0.15) is 0 Å². The molecule has 0 aliphatic rings. The number of hydrogen-bond donors (Lipinski definition) is 2. The summed E-state index contributed by atoms with van der Waals surface area (Å²) in [4.78, 5) is 15.7. The maximum Gasteiger partial charge on any atom is 0.221 e. The summed E-state index contributed by atoms with van der Waals surface area (Å²) < 4.78 is 0. The second-order valence-electron chi connectivity index (χ2n) is 5.46. The van der Waals surface area contributed by atoms with Crippen LogP contribution in [-0.4, -0.2) is 17.4 Å². The highest BCUT2D eigenvalue weighted by Crippen LogP contribution is 2.26. The Labute approximate surface area is 145 Å². The second kappa shape index (κ2) is 7.75. The molecule has 2 aromatic carbocycles. The van der Waals surface area contributed by atoms with E-state index in [9.17, 15) is 4.79 Å². The smallest absolute Gasteiger partial charge is 0.221 e. The number of nitrogens with one attached hydrogen (secondary N) is 2. The number of hydrogen-bond acceptors (Lipinski definition) is 4. The molecule has 4 nitrogen and oxygen atoms in total. The van der Waals surface area contributed by atoms with Gasteiger partial charge in [-0.3, -0.25) is 4.79 Å². The average molecular weight is 337 g/mol. The summed E-state index contributed by atoms with van der Waals surface area (Å²) in [7, 11) is 0. The van der Waals surface area contributed by atoms with Crippen LogP contribution in [0.2, 0.25) is 0 Å². The van der Waals surface area contributed by atoms with Crippen molar-refractivity contribution in [2.45, 2.75) is 13.3 Å². The number of amides is 1. The predicted molar refractivity (Wildman–Crippen MR) is 100 cm³/mol. The summed E-state index contributed by atoms with van der Waals surface area (Å²) >= 11 is 1.60. The third-order valence-electron chi connectivity index (χ3n) is 3.54. The molecule has 1 amide bonds. The highest BCUT2D eigenvalue weighted by Gasteiger charge is 2.05. The van der Waals surface area contributed by atoms with Gasteiger partial charge in [-0.15, -0.1) is 11.3 Å². The van der Waals surface area contributed by atoms with Crippen molar-refractivity contribution in [1.82, 2.24) is 4.98 Å². The van der Waals surface area contributed by atoms with Crippen LogP contribution in [0.15, 0.2) is 60.0 Å². The molecule has 0 saturated heterocycles. The molecule has 0 spiro atoms. The number of rotatable bonds is 6. The molecule has 0 saturated carbocycles. The highest BCUT2D eigenvalue weighted by atomic mass is 32.1. The fourth-order valence-corrected chi connectivity index (χ4v) is 3.12. The Bertz CT molecular complexity index is 797. The van der Waals surface area contributed by atoms with E-state index in [2.05, 4.69) is 39.9 Å². The zero-order chi connectivity index (χ0) is 16.8. The van der Waals surface area contributed by atoms with Crippen molar-refractivity contribution in [3.05, 3.63) is 65.5 Å². The number of nitrogens with zero attached hydrogens (tertiary/aromatic N) is 1. The van der Waals surface area contributed by atoms with Gasteiger partial charge in [-0.25, -0.2) is 4.98 Å². The third kappa shape index (κ3) is 4.43. The molecule has 0 aliphatic heterocycles. The molecular weight excluding hydrogens is 318 g/mol. The summed E-state index contributed by atoms with van der Waals surface area (Å²) in [6, 6.07) is 18.1. The Balaban J connectivity index is 1.57. The molecule has 0 bridgehead atoms. The van der Waals surface area contributed by atoms with Gasteiger partial charge in [0, 0.05) is 30.1 Å². The first-order valence-corrected chi connectivity index (χ1v) is 8.70. The molecule has 0 unspecified atom stereocenters. The van der Waals surface area contributed by atoms with E-state index < -0.39 is 0 Å². The Morgan fingerprint density at radius 1 is 1.08 bits per heavy atom. The molecule has 2 N–H and O–H groups in total. The van der Waals surface area contributed by atoms with Crippen LogP contribution in [0, 0.1) is 0 Å². The Morgan fingerprint density at radius 2 is 1.83 bits per heavy atom. The highest BCUT2D eigenvalue weighted by molar-refractivity contribution is 7.14. The normalized spacial score (nSPS) is 10.4. The second-order valence-corrected chi connectivity index (χ2v) is 6.32. The van der Waals surface area contributed by atoms with Crippen LogP contribution >= 0.6 is 11.3 Å². The van der Waals surface area contributed by atoms with E-state index in [0.717, 1.165) is 35.0 Å². The Morgan fingerprint density at radius 3 is 2.54 bits per heavy atom. The zero-order valence-corrected chi connectivity index (χ0v) is 14.3. The average Bonchev–Trinajstić information content (AvgIpc) is 3.05. The molecule has 1 heterocycles. The first-order valence-electron chi connectivity index (χ1n) is 7.82. The number of anilines is 2. The van der Waals surface area contributed by atoms with Crippen LogP contribution in [0.5, 0.6) is 0 Å². The number of carbonyl (C=O) groups excluding carboxylic acids is 1. The molecule has 0 atom stereocenters. The topological polar surface area (TPSA) is 54.0 Å². The molecule has 3 rings (SSSR count). The van der Waals surface area contributed by atoms with E-state index in [4.69, 9.17) is 0 Å². The van der Waals surface area contributed by atoms with E-state index >= 15 is 0 Å². The summed E-state index contributed by atoms with van der Waals surface area (Å²) in [5, 5.41) is 9.10. The molecule has 5 heteroatoms. The SMILES string of the molecule is CC(=O)Nc1ccc(-c2csc(NCCc3ccccc3)n2)cc1. The monoisotopic (exact) mass is 337 g/mol. The zero-order valence-electron chi connectivity index (χ0n) is 13.5. The molecule has 0 aliphatic carbocycles. The number of aromatic nitrogens is 1. The van der Waals surface area contributed by atoms with Gasteiger partial charge < -0.3 is 10.6 Å². The lowest BCUT2D eigenvalue weighted by Crippen LogP contribution is -2.05. The number of carbonyl (C=O) groups is 1. The van der Waals surface area contributed by atoms with Crippen molar-refractivity contribution in [3.8, 4) is 11.3 Å². The van der Waals surface area contributed by atoms with Crippen molar-refractivity contribution in [3.63, 3.8) is 0 Å². The van der Waals surface area contributed by atoms with Gasteiger partial charge in [0.1, 0.15) is 0 Å². The largest absolute Gasteiger partial charge is 0.361 e. The molecule has 1 aromatic heterocycles. The standard InChI is InChI=1S/C19H19N3OS/c1-14(23)21-17-9-7-16(8-10-17)18-13-24-19(22-18)20-12-11-15-5-3-2-4-6-15/h2-10,13H,11-12H2,1H3,(H,20,22)(H,21,23). The minimum Gasteiger partial charge on any atom is -0.361 e. The van der Waals surface area contributed by atoms with Crippen LogP contribution in [0.1, 0.15) is 12.5 Å². The quantitative estimate of drug-likeness (QED) is 0.700. The minimum absolute atomic E-state index is 0.0682. The van der Waals surface area contributed by atoms with E-state index in [0.29, 0.717) is 0 Å². The molecule has 24 heavy (non-hydrogen) atoms. The van der Waals surface area contributed by atoms with E-state index in [1.54, 1.807) is 11.3 Å². The predicted octanol–water partition coefficient (Wildman–Crippen LogP) is 4.42. The third-order valence-corrected chi connectivity index (χ3v) is 4.34. The lowest BCUT2D eigenvalue weighted by Gasteiger charge is -2.03. The van der Waals surface area contributed by atoms with Crippen molar-refractivity contribution in [2.75, 3.05) is 17.2 Å². The summed E-state index contributed by atoms with van der Waals surface area (Å²) in [5.74, 6) is -0.0682. The van der Waals surface area contributed by atoms with Crippen LogP contribution < -0.4 is 10.6 Å². The Kier molecular flexibility index (Phi) is 5.23. The van der Waals surface area contributed by atoms with Crippen molar-refractivity contribution in [2.24, 2.45) is 0 Å². The fraction of sp³-hybridized carbons (Fsp3) is 0.158. The minimum atomic E-state index is -0.0682. The number of benzene rings is 2. The van der Waals surface area contributed by atoms with Crippen LogP contribution in [0.4, 0.5) is 10.8 Å². The molecule has 0 radical (unpaired) electrons. The van der Waals surface area contributed by atoms with Crippen molar-refractivity contribution in [1.29, 1.82) is 0 Å². The molecule has 122 valence electrons. The van der Waals surface area contributed by atoms with Crippen molar-refractivity contribution < 1.29 is 4.79 Å². The maximum atomic E-state index is 11.0. The van der Waals surface area contributed by atoms with E-state index in [1.165, 1.54) is 12.5 Å². The van der Waals surface area contributed by atoms with E-state index in [1.807, 2.05) is 35.7 Å². The lowest BCUT2D eigenvalue weighted by atomic mass is 10.1. The van der Waals surface area contributed by atoms with Gasteiger partial charge in [-0.1, -0.05) is 42.5 Å². The van der Waals surface area contributed by atoms with Crippen LogP contribution in [0.3, 0.4) is 0 Å². The van der Waals surface area contributed by atoms with Crippen LogP contribution in [-0.2, 0) is 11.2 Å². The Hall–Kier alpha value is -2.66. The van der Waals surface area contributed by atoms with E-state index in [-0.39, 0.29) is 5.91 Å². The van der Waals surface area contributed by atoms with Gasteiger partial charge in [0.05, 0.1) is 5.69 Å². The number of thiazole rings is 1. The molecular formula is C19H19N3OS. The summed E-state index contributed by atoms with van der Waals surface area (Å²) in [6.45, 7) is 2.36. The van der Waals surface area contributed by atoms with Crippen molar-refractivity contribution >= 4 is 28.1 Å². The van der Waals surface area contributed by atoms with Gasteiger partial charge in [0.2, 0.25) is 5.91 Å². The first-order chi connectivity index (χ1) is 11.7. The summed E-state index contributed by atoms with van der Waals surface area (Å²) in [5.41, 5.74) is 4.09.